The zero-order valence-electron chi connectivity index (χ0n) is 10.8. The number of hydrogen-bond acceptors (Lipinski definition) is 3. The van der Waals surface area contributed by atoms with E-state index in [0.29, 0.717) is 6.04 Å². The lowest BCUT2D eigenvalue weighted by molar-refractivity contribution is -0.137. The first-order chi connectivity index (χ1) is 6.86. The van der Waals surface area contributed by atoms with Crippen molar-refractivity contribution in [1.82, 2.24) is 10.2 Å². The maximum Gasteiger partial charge on any atom is 0.242 e. The van der Waals surface area contributed by atoms with Gasteiger partial charge in [0.2, 0.25) is 5.91 Å². The number of nitrogens with zero attached hydrogens (tertiary/aromatic N) is 1. The normalized spacial score (nSPS) is 13.7. The Morgan fingerprint density at radius 3 is 2.47 bits per heavy atom. The number of rotatable bonds is 6. The molecule has 3 nitrogen and oxygen atoms in total. The van der Waals surface area contributed by atoms with Crippen molar-refractivity contribution in [1.29, 1.82) is 0 Å². The van der Waals surface area contributed by atoms with Gasteiger partial charge in [0.15, 0.2) is 0 Å². The molecule has 0 aromatic carbocycles. The molecule has 0 aromatic heterocycles. The van der Waals surface area contributed by atoms with Gasteiger partial charge in [-0.2, -0.15) is 11.8 Å². The predicted molar refractivity (Wildman–Crippen MR) is 68.4 cm³/mol. The Balaban J connectivity index is 4.31. The molecule has 0 aliphatic rings. The van der Waals surface area contributed by atoms with Crippen LogP contribution in [0, 0.1) is 0 Å². The molecule has 0 fully saturated rings. The monoisotopic (exact) mass is 232 g/mol. The SMILES string of the molecule is CNC(C)(C)C(=O)N(C)C(C)CCSC. The molecule has 0 heterocycles. The fourth-order valence-corrected chi connectivity index (χ4v) is 1.81. The zero-order valence-corrected chi connectivity index (χ0v) is 11.6. The topological polar surface area (TPSA) is 32.3 Å². The standard InChI is InChI=1S/C11H24N2OS/c1-9(7-8-15-6)13(5)10(14)11(2,3)12-4/h9,12H,7-8H2,1-6H3. The van der Waals surface area contributed by atoms with E-state index in [4.69, 9.17) is 0 Å². The molecule has 0 spiro atoms. The molecule has 0 bridgehead atoms. The number of hydrogen-bond donors (Lipinski definition) is 1. The van der Waals surface area contributed by atoms with Gasteiger partial charge in [-0.1, -0.05) is 0 Å². The van der Waals surface area contributed by atoms with Crippen LogP contribution in [0.3, 0.4) is 0 Å². The molecule has 0 aliphatic carbocycles. The van der Waals surface area contributed by atoms with Gasteiger partial charge in [0, 0.05) is 13.1 Å². The highest BCUT2D eigenvalue weighted by Crippen LogP contribution is 2.12. The van der Waals surface area contributed by atoms with Gasteiger partial charge >= 0.3 is 0 Å². The minimum atomic E-state index is -0.470. The predicted octanol–water partition coefficient (Wildman–Crippen LogP) is 1.58. The van der Waals surface area contributed by atoms with E-state index in [0.717, 1.165) is 12.2 Å². The number of carbonyl (C=O) groups excluding carboxylic acids is 1. The highest BCUT2D eigenvalue weighted by molar-refractivity contribution is 7.98. The Morgan fingerprint density at radius 2 is 2.07 bits per heavy atom. The van der Waals surface area contributed by atoms with Gasteiger partial charge in [-0.25, -0.2) is 0 Å². The Morgan fingerprint density at radius 1 is 1.53 bits per heavy atom. The molecule has 1 atom stereocenters. The van der Waals surface area contributed by atoms with Crippen LogP contribution in [0.15, 0.2) is 0 Å². The minimum Gasteiger partial charge on any atom is -0.341 e. The molecule has 4 heteroatoms. The van der Waals surface area contributed by atoms with E-state index in [1.165, 1.54) is 0 Å². The largest absolute Gasteiger partial charge is 0.341 e. The fraction of sp³-hybridized carbons (Fsp3) is 0.909. The lowest BCUT2D eigenvalue weighted by Crippen LogP contribution is -2.53. The summed E-state index contributed by atoms with van der Waals surface area (Å²) in [7, 11) is 3.70. The number of nitrogens with one attached hydrogen (secondary N) is 1. The first-order valence-electron chi connectivity index (χ1n) is 5.32. The zero-order chi connectivity index (χ0) is 12.1. The van der Waals surface area contributed by atoms with Crippen molar-refractivity contribution in [2.45, 2.75) is 38.8 Å². The molecule has 0 saturated carbocycles. The van der Waals surface area contributed by atoms with Crippen LogP contribution in [0.2, 0.25) is 0 Å². The molecule has 0 radical (unpaired) electrons. The van der Waals surface area contributed by atoms with Crippen molar-refractivity contribution < 1.29 is 4.79 Å². The number of thioether (sulfide) groups is 1. The molecular weight excluding hydrogens is 208 g/mol. The summed E-state index contributed by atoms with van der Waals surface area (Å²) >= 11 is 1.82. The van der Waals surface area contributed by atoms with E-state index >= 15 is 0 Å². The van der Waals surface area contributed by atoms with Crippen molar-refractivity contribution in [3.05, 3.63) is 0 Å². The highest BCUT2D eigenvalue weighted by atomic mass is 32.2. The van der Waals surface area contributed by atoms with Crippen LogP contribution in [0.1, 0.15) is 27.2 Å². The molecule has 0 rings (SSSR count). The van der Waals surface area contributed by atoms with Gasteiger partial charge in [0.05, 0.1) is 5.54 Å². The summed E-state index contributed by atoms with van der Waals surface area (Å²) in [4.78, 5) is 13.9. The quantitative estimate of drug-likeness (QED) is 0.755. The molecule has 15 heavy (non-hydrogen) atoms. The smallest absolute Gasteiger partial charge is 0.242 e. The summed E-state index contributed by atoms with van der Waals surface area (Å²) in [5.74, 6) is 1.25. The van der Waals surface area contributed by atoms with Gasteiger partial charge in [-0.15, -0.1) is 0 Å². The molecule has 90 valence electrons. The third-order valence-corrected chi connectivity index (χ3v) is 3.52. The van der Waals surface area contributed by atoms with E-state index in [2.05, 4.69) is 18.5 Å². The number of amides is 1. The van der Waals surface area contributed by atoms with Gasteiger partial charge in [0.1, 0.15) is 0 Å². The summed E-state index contributed by atoms with van der Waals surface area (Å²) in [6, 6.07) is 0.303. The molecule has 0 saturated heterocycles. The summed E-state index contributed by atoms with van der Waals surface area (Å²) in [5.41, 5.74) is -0.470. The highest BCUT2D eigenvalue weighted by Gasteiger charge is 2.30. The van der Waals surface area contributed by atoms with Gasteiger partial charge in [-0.3, -0.25) is 4.79 Å². The van der Waals surface area contributed by atoms with E-state index in [1.54, 1.807) is 0 Å². The second kappa shape index (κ2) is 6.38. The van der Waals surface area contributed by atoms with E-state index in [1.807, 2.05) is 44.6 Å². The average Bonchev–Trinajstić information content (AvgIpc) is 2.23. The first kappa shape index (κ1) is 14.8. The van der Waals surface area contributed by atoms with Crippen molar-refractivity contribution in [3.63, 3.8) is 0 Å². The van der Waals surface area contributed by atoms with Crippen LogP contribution in [0.5, 0.6) is 0 Å². The Labute approximate surface area is 98.0 Å². The first-order valence-corrected chi connectivity index (χ1v) is 6.71. The van der Waals surface area contributed by atoms with Gasteiger partial charge < -0.3 is 10.2 Å². The van der Waals surface area contributed by atoms with Crippen LogP contribution >= 0.6 is 11.8 Å². The molecule has 0 aliphatic heterocycles. The Bertz CT molecular complexity index is 207. The van der Waals surface area contributed by atoms with E-state index in [9.17, 15) is 4.79 Å². The third kappa shape index (κ3) is 4.43. The summed E-state index contributed by atoms with van der Waals surface area (Å²) in [6.07, 6.45) is 3.13. The second-order valence-corrected chi connectivity index (χ2v) is 5.41. The fourth-order valence-electron chi connectivity index (χ4n) is 1.23. The molecule has 0 aromatic rings. The number of likely N-dealkylation sites (N-methyl/N-ethyl adjacent to an activating group) is 2. The Hall–Kier alpha value is -0.220. The van der Waals surface area contributed by atoms with Crippen LogP contribution in [-0.4, -0.2) is 48.5 Å². The second-order valence-electron chi connectivity index (χ2n) is 4.42. The van der Waals surface area contributed by atoms with E-state index < -0.39 is 5.54 Å². The number of carbonyl (C=O) groups is 1. The van der Waals surface area contributed by atoms with Crippen molar-refractivity contribution in [2.75, 3.05) is 26.1 Å². The van der Waals surface area contributed by atoms with Crippen LogP contribution < -0.4 is 5.32 Å². The molecular formula is C11H24N2OS. The average molecular weight is 232 g/mol. The van der Waals surface area contributed by atoms with Crippen LogP contribution in [0.25, 0.3) is 0 Å². The Kier molecular flexibility index (Phi) is 6.29. The van der Waals surface area contributed by atoms with Crippen molar-refractivity contribution in [3.8, 4) is 0 Å². The van der Waals surface area contributed by atoms with E-state index in [-0.39, 0.29) is 5.91 Å². The van der Waals surface area contributed by atoms with Crippen molar-refractivity contribution >= 4 is 17.7 Å². The molecule has 1 unspecified atom stereocenters. The van der Waals surface area contributed by atoms with Crippen LogP contribution in [0.4, 0.5) is 0 Å². The molecule has 1 N–H and O–H groups in total. The van der Waals surface area contributed by atoms with Gasteiger partial charge in [-0.05, 0) is 46.2 Å². The lowest BCUT2D eigenvalue weighted by Gasteiger charge is -2.33. The minimum absolute atomic E-state index is 0.151. The lowest BCUT2D eigenvalue weighted by atomic mass is 10.0. The third-order valence-electron chi connectivity index (χ3n) is 2.88. The van der Waals surface area contributed by atoms with Crippen LogP contribution in [-0.2, 0) is 4.79 Å². The van der Waals surface area contributed by atoms with Crippen molar-refractivity contribution in [2.24, 2.45) is 0 Å². The maximum absolute atomic E-state index is 12.1. The summed E-state index contributed by atoms with van der Waals surface area (Å²) in [6.45, 7) is 5.92. The molecule has 1 amide bonds. The maximum atomic E-state index is 12.1. The summed E-state index contributed by atoms with van der Waals surface area (Å²) < 4.78 is 0. The van der Waals surface area contributed by atoms with Gasteiger partial charge in [0.25, 0.3) is 0 Å². The summed E-state index contributed by atoms with van der Waals surface area (Å²) in [5, 5.41) is 3.04.